The predicted molar refractivity (Wildman–Crippen MR) is 105 cm³/mol. The number of hydrogen-bond donors (Lipinski definition) is 2. The van der Waals surface area contributed by atoms with E-state index < -0.39 is 0 Å². The molecule has 3 rings (SSSR count). The monoisotopic (exact) mass is 377 g/mol. The van der Waals surface area contributed by atoms with E-state index in [1.54, 1.807) is 24.6 Å². The van der Waals surface area contributed by atoms with Crippen molar-refractivity contribution in [3.05, 3.63) is 39.8 Å². The Balaban J connectivity index is 0.000000342. The van der Waals surface area contributed by atoms with E-state index in [1.807, 2.05) is 17.2 Å². The molecule has 0 atom stereocenters. The van der Waals surface area contributed by atoms with Crippen molar-refractivity contribution in [2.75, 3.05) is 27.2 Å². The van der Waals surface area contributed by atoms with Gasteiger partial charge in [0.2, 0.25) is 5.96 Å². The molecule has 0 saturated carbocycles. The molecular formula is C18H27N5O2S. The number of aryl methyl sites for hydroxylation is 1. The maximum atomic E-state index is 11.6. The Hall–Kier alpha value is -2.35. The SMILES string of the molecule is CC/C=C1/C2=C(CCCN2)NC(=NC)N1CC(=O)OC.Cc1nccs1. The summed E-state index contributed by atoms with van der Waals surface area (Å²) in [7, 11) is 3.12. The highest BCUT2D eigenvalue weighted by molar-refractivity contribution is 7.09. The van der Waals surface area contributed by atoms with E-state index in [4.69, 9.17) is 4.74 Å². The third-order valence-corrected chi connectivity index (χ3v) is 4.66. The number of hydrogen-bond acceptors (Lipinski definition) is 6. The van der Waals surface area contributed by atoms with Gasteiger partial charge >= 0.3 is 5.97 Å². The number of guanidine groups is 1. The summed E-state index contributed by atoms with van der Waals surface area (Å²) in [6.07, 6.45) is 6.90. The zero-order valence-corrected chi connectivity index (χ0v) is 16.7. The molecule has 2 aliphatic heterocycles. The average molecular weight is 378 g/mol. The Labute approximate surface area is 158 Å². The summed E-state index contributed by atoms with van der Waals surface area (Å²) in [6.45, 7) is 5.18. The van der Waals surface area contributed by atoms with Crippen molar-refractivity contribution in [2.24, 2.45) is 4.99 Å². The number of allylic oxidation sites excluding steroid dienone is 2. The second kappa shape index (κ2) is 9.96. The lowest BCUT2D eigenvalue weighted by Gasteiger charge is -2.38. The van der Waals surface area contributed by atoms with Crippen LogP contribution in [0.4, 0.5) is 0 Å². The van der Waals surface area contributed by atoms with Crippen LogP contribution in [0.5, 0.6) is 0 Å². The smallest absolute Gasteiger partial charge is 0.325 e. The third kappa shape index (κ3) is 5.08. The Morgan fingerprint density at radius 1 is 1.54 bits per heavy atom. The Morgan fingerprint density at radius 2 is 2.35 bits per heavy atom. The van der Waals surface area contributed by atoms with Gasteiger partial charge in [-0.2, -0.15) is 0 Å². The molecule has 2 N–H and O–H groups in total. The number of thiazole rings is 1. The molecule has 0 amide bonds. The molecule has 2 aliphatic rings. The van der Waals surface area contributed by atoms with Crippen LogP contribution in [0.2, 0.25) is 0 Å². The molecule has 0 spiro atoms. The van der Waals surface area contributed by atoms with Gasteiger partial charge in [-0.1, -0.05) is 13.0 Å². The quantitative estimate of drug-likeness (QED) is 0.788. The van der Waals surface area contributed by atoms with Gasteiger partial charge in [0.25, 0.3) is 0 Å². The second-order valence-corrected chi connectivity index (χ2v) is 6.87. The molecule has 7 nitrogen and oxygen atoms in total. The van der Waals surface area contributed by atoms with Crippen LogP contribution >= 0.6 is 11.3 Å². The lowest BCUT2D eigenvalue weighted by atomic mass is 10.0. The van der Waals surface area contributed by atoms with Crippen LogP contribution < -0.4 is 10.6 Å². The highest BCUT2D eigenvalue weighted by Crippen LogP contribution is 2.26. The van der Waals surface area contributed by atoms with Crippen molar-refractivity contribution in [2.45, 2.75) is 33.1 Å². The third-order valence-electron chi connectivity index (χ3n) is 3.95. The Bertz CT molecular complexity index is 694. The van der Waals surface area contributed by atoms with Gasteiger partial charge in [-0.05, 0) is 26.2 Å². The molecule has 26 heavy (non-hydrogen) atoms. The highest BCUT2D eigenvalue weighted by Gasteiger charge is 2.30. The maximum absolute atomic E-state index is 11.6. The van der Waals surface area contributed by atoms with Crippen LogP contribution in [0.25, 0.3) is 0 Å². The van der Waals surface area contributed by atoms with E-state index >= 15 is 0 Å². The number of aromatic nitrogens is 1. The summed E-state index contributed by atoms with van der Waals surface area (Å²) in [5.41, 5.74) is 3.24. The molecule has 1 aromatic heterocycles. The molecule has 0 saturated heterocycles. The van der Waals surface area contributed by atoms with E-state index in [0.717, 1.165) is 47.9 Å². The van der Waals surface area contributed by atoms with Gasteiger partial charge in [-0.15, -0.1) is 11.3 Å². The lowest BCUT2D eigenvalue weighted by Crippen LogP contribution is -2.50. The highest BCUT2D eigenvalue weighted by atomic mass is 32.1. The molecule has 0 radical (unpaired) electrons. The van der Waals surface area contributed by atoms with Gasteiger partial charge in [0.1, 0.15) is 6.54 Å². The van der Waals surface area contributed by atoms with Crippen LogP contribution in [-0.4, -0.2) is 49.1 Å². The topological polar surface area (TPSA) is 78.9 Å². The van der Waals surface area contributed by atoms with Crippen molar-refractivity contribution in [3.63, 3.8) is 0 Å². The van der Waals surface area contributed by atoms with Crippen LogP contribution in [-0.2, 0) is 9.53 Å². The summed E-state index contributed by atoms with van der Waals surface area (Å²) in [4.78, 5) is 21.7. The summed E-state index contributed by atoms with van der Waals surface area (Å²) >= 11 is 1.67. The van der Waals surface area contributed by atoms with Crippen LogP contribution in [0.1, 0.15) is 31.2 Å². The zero-order chi connectivity index (χ0) is 18.9. The van der Waals surface area contributed by atoms with E-state index in [1.165, 1.54) is 7.11 Å². The van der Waals surface area contributed by atoms with Gasteiger partial charge in [0, 0.05) is 30.9 Å². The molecule has 3 heterocycles. The Morgan fingerprint density at radius 3 is 2.88 bits per heavy atom. The number of aliphatic imine (C=N–C) groups is 1. The second-order valence-electron chi connectivity index (χ2n) is 5.77. The largest absolute Gasteiger partial charge is 0.468 e. The number of ether oxygens (including phenoxy) is 1. The summed E-state index contributed by atoms with van der Waals surface area (Å²) in [5, 5.41) is 9.84. The molecule has 0 aromatic carbocycles. The number of carbonyl (C=O) groups is 1. The first kappa shape index (κ1) is 20.0. The molecule has 0 aliphatic carbocycles. The number of nitrogens with zero attached hydrogens (tertiary/aromatic N) is 3. The number of nitrogens with one attached hydrogen (secondary N) is 2. The van der Waals surface area contributed by atoms with Gasteiger partial charge in [0.15, 0.2) is 0 Å². The fourth-order valence-electron chi connectivity index (χ4n) is 2.76. The van der Waals surface area contributed by atoms with Crippen LogP contribution in [0.3, 0.4) is 0 Å². The minimum atomic E-state index is -0.283. The Kier molecular flexibility index (Phi) is 7.65. The van der Waals surface area contributed by atoms with E-state index in [0.29, 0.717) is 5.96 Å². The first-order valence-corrected chi connectivity index (χ1v) is 9.60. The number of carbonyl (C=O) groups excluding carboxylic acids is 1. The van der Waals surface area contributed by atoms with Gasteiger partial charge < -0.3 is 15.4 Å². The number of methoxy groups -OCH3 is 1. The molecule has 0 bridgehead atoms. The minimum Gasteiger partial charge on any atom is -0.468 e. The van der Waals surface area contributed by atoms with Crippen molar-refractivity contribution < 1.29 is 9.53 Å². The average Bonchev–Trinajstić information content (AvgIpc) is 3.14. The number of rotatable bonds is 3. The maximum Gasteiger partial charge on any atom is 0.325 e. The zero-order valence-electron chi connectivity index (χ0n) is 15.8. The van der Waals surface area contributed by atoms with Gasteiger partial charge in [-0.3, -0.25) is 19.7 Å². The lowest BCUT2D eigenvalue weighted by molar-refractivity contribution is -0.140. The molecule has 8 heteroatoms. The molecule has 142 valence electrons. The number of esters is 1. The van der Waals surface area contributed by atoms with E-state index in [9.17, 15) is 4.79 Å². The van der Waals surface area contributed by atoms with Gasteiger partial charge in [-0.25, -0.2) is 0 Å². The normalized spacial score (nSPS) is 19.3. The van der Waals surface area contributed by atoms with Gasteiger partial charge in [0.05, 0.1) is 23.5 Å². The standard InChI is InChI=1S/C14H22N4O2.C4H5NS/c1-4-6-11-13-10(7-5-8-16-13)17-14(15-2)18(11)9-12(19)20-3;1-4-5-2-3-6-4/h6,16H,4-5,7-9H2,1-3H3,(H,15,17);2-3H,1H3/b11-6-;. The fourth-order valence-corrected chi connectivity index (χ4v) is 3.20. The molecule has 0 fully saturated rings. The minimum absolute atomic E-state index is 0.153. The fraction of sp³-hybridized carbons (Fsp3) is 0.500. The summed E-state index contributed by atoms with van der Waals surface area (Å²) in [6, 6.07) is 0. The summed E-state index contributed by atoms with van der Waals surface area (Å²) in [5.74, 6) is 0.410. The van der Waals surface area contributed by atoms with Crippen LogP contribution in [0.15, 0.2) is 39.7 Å². The molecular weight excluding hydrogens is 350 g/mol. The molecule has 0 unspecified atom stereocenters. The van der Waals surface area contributed by atoms with Crippen LogP contribution in [0, 0.1) is 6.92 Å². The predicted octanol–water partition coefficient (Wildman–Crippen LogP) is 2.39. The first-order valence-electron chi connectivity index (χ1n) is 8.72. The van der Waals surface area contributed by atoms with E-state index in [-0.39, 0.29) is 12.5 Å². The van der Waals surface area contributed by atoms with Crippen molar-refractivity contribution in [3.8, 4) is 0 Å². The molecule has 1 aromatic rings. The van der Waals surface area contributed by atoms with Crippen molar-refractivity contribution >= 4 is 23.3 Å². The summed E-state index contributed by atoms with van der Waals surface area (Å²) < 4.78 is 4.78. The van der Waals surface area contributed by atoms with Crippen molar-refractivity contribution in [1.29, 1.82) is 0 Å². The van der Waals surface area contributed by atoms with E-state index in [2.05, 4.69) is 33.6 Å². The van der Waals surface area contributed by atoms with Crippen molar-refractivity contribution in [1.82, 2.24) is 20.5 Å². The first-order chi connectivity index (χ1) is 12.6.